The maximum Gasteiger partial charge on any atom is 0.168 e. The Hall–Kier alpha value is -1.07. The van der Waals surface area contributed by atoms with Gasteiger partial charge in [0.05, 0.1) is 4.90 Å². The van der Waals surface area contributed by atoms with E-state index >= 15 is 0 Å². The zero-order chi connectivity index (χ0) is 15.9. The Morgan fingerprint density at radius 3 is 2.68 bits per heavy atom. The van der Waals surface area contributed by atoms with Gasteiger partial charge in [0.25, 0.3) is 0 Å². The fourth-order valence-electron chi connectivity index (χ4n) is 2.99. The Bertz CT molecular complexity index is 797. The summed E-state index contributed by atoms with van der Waals surface area (Å²) in [5.74, 6) is 0.0554. The Labute approximate surface area is 141 Å². The molecule has 0 N–H and O–H groups in total. The molecular formula is C16H15Cl2NO2S. The van der Waals surface area contributed by atoms with Gasteiger partial charge in [-0.25, -0.2) is 8.42 Å². The molecular weight excluding hydrogens is 341 g/mol. The topological polar surface area (TPSA) is 37.4 Å². The summed E-state index contributed by atoms with van der Waals surface area (Å²) in [6, 6.07) is 10.7. The number of rotatable bonds is 2. The predicted molar refractivity (Wildman–Crippen MR) is 89.7 cm³/mol. The molecule has 0 radical (unpaired) electrons. The number of hydrogen-bond donors (Lipinski definition) is 1. The lowest BCUT2D eigenvalue weighted by Gasteiger charge is -2.33. The molecule has 0 spiro atoms. The van der Waals surface area contributed by atoms with Gasteiger partial charge in [-0.1, -0.05) is 35.3 Å². The van der Waals surface area contributed by atoms with E-state index in [-0.39, 0.29) is 5.92 Å². The minimum atomic E-state index is -2.59. The third kappa shape index (κ3) is 3.01. The minimum Gasteiger partial charge on any atom is -0.301 e. The van der Waals surface area contributed by atoms with Gasteiger partial charge in [0, 0.05) is 29.1 Å². The molecule has 116 valence electrons. The van der Waals surface area contributed by atoms with Gasteiger partial charge in [0.2, 0.25) is 0 Å². The first-order valence-corrected chi connectivity index (χ1v) is 8.80. The molecule has 1 aliphatic heterocycles. The number of fused-ring (bicyclic) bond motifs is 1. The van der Waals surface area contributed by atoms with E-state index in [9.17, 15) is 8.42 Å². The molecule has 2 aromatic rings. The molecule has 0 amide bonds. The third-order valence-electron chi connectivity index (χ3n) is 3.98. The first-order chi connectivity index (χ1) is 10.5. The van der Waals surface area contributed by atoms with Crippen molar-refractivity contribution in [3.05, 3.63) is 63.1 Å². The van der Waals surface area contributed by atoms with Gasteiger partial charge in [-0.3, -0.25) is 0 Å². The van der Waals surface area contributed by atoms with E-state index < -0.39 is 10.7 Å². The minimum absolute atomic E-state index is 0.0554. The average molecular weight is 356 g/mol. The highest BCUT2D eigenvalue weighted by atomic mass is 35.5. The average Bonchev–Trinajstić information content (AvgIpc) is 2.47. The molecule has 0 aromatic heterocycles. The van der Waals surface area contributed by atoms with Crippen LogP contribution < -0.4 is 0 Å². The number of nitrogens with zero attached hydrogens (tertiary/aromatic N) is 1. The molecule has 0 saturated heterocycles. The maximum absolute atomic E-state index is 11.2. The quantitative estimate of drug-likeness (QED) is 0.837. The van der Waals surface area contributed by atoms with Gasteiger partial charge < -0.3 is 4.90 Å². The predicted octanol–water partition coefficient (Wildman–Crippen LogP) is 3.54. The largest absolute Gasteiger partial charge is 0.301 e. The highest BCUT2D eigenvalue weighted by Crippen LogP contribution is 2.38. The molecule has 2 aromatic carbocycles. The summed E-state index contributed by atoms with van der Waals surface area (Å²) in [6.45, 7) is 1.56. The van der Waals surface area contributed by atoms with E-state index in [2.05, 4.69) is 4.90 Å². The van der Waals surface area contributed by atoms with Crippen molar-refractivity contribution in [2.24, 2.45) is 0 Å². The fourth-order valence-corrected chi connectivity index (χ4v) is 4.02. The summed E-state index contributed by atoms with van der Waals surface area (Å²) in [7, 11) is -0.563. The molecule has 0 aliphatic carbocycles. The Morgan fingerprint density at radius 1 is 1.18 bits per heavy atom. The van der Waals surface area contributed by atoms with Crippen LogP contribution in [0.3, 0.4) is 0 Å². The van der Waals surface area contributed by atoms with E-state index in [0.29, 0.717) is 14.9 Å². The standard InChI is InChI=1S/C16H15Cl2NO2S/c1-19-8-14(10-3-2-4-12(5-10)22(20)21)13-6-11(17)7-16(18)15(13)9-19/h2-7,14,22H,8-9H2,1H3. The zero-order valence-corrected chi connectivity index (χ0v) is 14.3. The van der Waals surface area contributed by atoms with Crippen LogP contribution in [0.5, 0.6) is 0 Å². The smallest absolute Gasteiger partial charge is 0.168 e. The second-order valence-corrected chi connectivity index (χ2v) is 7.43. The number of benzene rings is 2. The SMILES string of the molecule is CN1Cc2c(Cl)cc(Cl)cc2C(c2cccc([SH](=O)=O)c2)C1. The number of hydrogen-bond acceptors (Lipinski definition) is 3. The van der Waals surface area contributed by atoms with Gasteiger partial charge in [0.15, 0.2) is 10.7 Å². The third-order valence-corrected chi connectivity index (χ3v) is 5.23. The lowest BCUT2D eigenvalue weighted by Crippen LogP contribution is -2.31. The molecule has 1 unspecified atom stereocenters. The van der Waals surface area contributed by atoms with Crippen molar-refractivity contribution >= 4 is 33.9 Å². The summed E-state index contributed by atoms with van der Waals surface area (Å²) >= 11 is 12.5. The first kappa shape index (κ1) is 15.8. The van der Waals surface area contributed by atoms with Crippen molar-refractivity contribution < 1.29 is 8.42 Å². The number of thiol groups is 1. The summed E-state index contributed by atoms with van der Waals surface area (Å²) in [6.07, 6.45) is 0. The second-order valence-electron chi connectivity index (χ2n) is 5.56. The highest BCUT2D eigenvalue weighted by Gasteiger charge is 2.27. The van der Waals surface area contributed by atoms with Crippen LogP contribution in [-0.4, -0.2) is 26.9 Å². The summed E-state index contributed by atoms with van der Waals surface area (Å²) < 4.78 is 22.5. The Kier molecular flexibility index (Phi) is 4.46. The Balaban J connectivity index is 2.15. The lowest BCUT2D eigenvalue weighted by atomic mass is 9.85. The maximum atomic E-state index is 11.2. The summed E-state index contributed by atoms with van der Waals surface area (Å²) in [5.41, 5.74) is 3.10. The van der Waals surface area contributed by atoms with E-state index in [1.165, 1.54) is 0 Å². The van der Waals surface area contributed by atoms with Crippen molar-refractivity contribution in [1.82, 2.24) is 4.90 Å². The van der Waals surface area contributed by atoms with Crippen LogP contribution in [0.15, 0.2) is 41.3 Å². The first-order valence-electron chi connectivity index (χ1n) is 6.86. The van der Waals surface area contributed by atoms with Crippen molar-refractivity contribution in [1.29, 1.82) is 0 Å². The van der Waals surface area contributed by atoms with Gasteiger partial charge in [0.1, 0.15) is 0 Å². The van der Waals surface area contributed by atoms with E-state index in [0.717, 1.165) is 29.8 Å². The van der Waals surface area contributed by atoms with E-state index in [1.54, 1.807) is 24.3 Å². The van der Waals surface area contributed by atoms with E-state index in [4.69, 9.17) is 23.2 Å². The van der Waals surface area contributed by atoms with E-state index in [1.807, 2.05) is 19.2 Å². The van der Waals surface area contributed by atoms with Gasteiger partial charge in [-0.2, -0.15) is 0 Å². The van der Waals surface area contributed by atoms with Gasteiger partial charge in [-0.15, -0.1) is 0 Å². The van der Waals surface area contributed by atoms with Crippen LogP contribution in [0.2, 0.25) is 10.0 Å². The van der Waals surface area contributed by atoms with Crippen LogP contribution in [0.1, 0.15) is 22.6 Å². The highest BCUT2D eigenvalue weighted by molar-refractivity contribution is 7.72. The summed E-state index contributed by atoms with van der Waals surface area (Å²) in [5, 5.41) is 1.26. The molecule has 22 heavy (non-hydrogen) atoms. The Morgan fingerprint density at radius 2 is 1.95 bits per heavy atom. The molecule has 1 atom stereocenters. The van der Waals surface area contributed by atoms with Crippen molar-refractivity contribution in [3.8, 4) is 0 Å². The number of likely N-dealkylation sites (N-methyl/N-ethyl adjacent to an activating group) is 1. The van der Waals surface area contributed by atoms with Gasteiger partial charge >= 0.3 is 0 Å². The molecule has 3 nitrogen and oxygen atoms in total. The van der Waals surface area contributed by atoms with Crippen LogP contribution >= 0.6 is 23.2 Å². The lowest BCUT2D eigenvalue weighted by molar-refractivity contribution is 0.295. The van der Waals surface area contributed by atoms with Crippen molar-refractivity contribution in [3.63, 3.8) is 0 Å². The molecule has 6 heteroatoms. The van der Waals surface area contributed by atoms with Crippen molar-refractivity contribution in [2.45, 2.75) is 17.4 Å². The molecule has 1 heterocycles. The molecule has 0 fully saturated rings. The van der Waals surface area contributed by atoms with Crippen molar-refractivity contribution in [2.75, 3.05) is 13.6 Å². The molecule has 0 saturated carbocycles. The van der Waals surface area contributed by atoms with Crippen LogP contribution in [0.25, 0.3) is 0 Å². The van der Waals surface area contributed by atoms with Gasteiger partial charge in [-0.05, 0) is 48.0 Å². The number of halogens is 2. The fraction of sp³-hybridized carbons (Fsp3) is 0.250. The van der Waals surface area contributed by atoms with Crippen LogP contribution in [0, 0.1) is 0 Å². The monoisotopic (exact) mass is 355 g/mol. The van der Waals surface area contributed by atoms with Crippen LogP contribution in [0.4, 0.5) is 0 Å². The normalized spacial score (nSPS) is 18.5. The summed E-state index contributed by atoms with van der Waals surface area (Å²) in [4.78, 5) is 2.51. The molecule has 0 bridgehead atoms. The zero-order valence-electron chi connectivity index (χ0n) is 11.9. The van der Waals surface area contributed by atoms with Crippen LogP contribution in [-0.2, 0) is 17.2 Å². The second kappa shape index (κ2) is 6.20. The molecule has 3 rings (SSSR count). The molecule has 1 aliphatic rings.